The highest BCUT2D eigenvalue weighted by Crippen LogP contribution is 2.39. The minimum absolute atomic E-state index is 0.353. The minimum atomic E-state index is -1.08. The second-order valence-corrected chi connectivity index (χ2v) is 7.56. The Labute approximate surface area is 177 Å². The van der Waals surface area contributed by atoms with Crippen LogP contribution in [0, 0.1) is 6.92 Å². The van der Waals surface area contributed by atoms with Crippen LogP contribution in [-0.4, -0.2) is 28.2 Å². The largest absolute Gasteiger partial charge is 0.481 e. The Morgan fingerprint density at radius 1 is 1.07 bits per heavy atom. The van der Waals surface area contributed by atoms with Crippen molar-refractivity contribution in [3.63, 3.8) is 0 Å². The van der Waals surface area contributed by atoms with E-state index in [-0.39, 0.29) is 0 Å². The molecule has 3 N–H and O–H groups in total. The lowest BCUT2D eigenvalue weighted by molar-refractivity contribution is -0.139. The van der Waals surface area contributed by atoms with Crippen molar-refractivity contribution >= 4 is 45.3 Å². The molecule has 1 amide bonds. The maximum absolute atomic E-state index is 12.2. The van der Waals surface area contributed by atoms with Gasteiger partial charge in [-0.15, -0.1) is 0 Å². The molecule has 0 saturated carbocycles. The first-order valence-corrected chi connectivity index (χ1v) is 9.67. The molecule has 0 bridgehead atoms. The molecule has 4 aromatic rings. The van der Waals surface area contributed by atoms with Crippen LogP contribution in [0.2, 0.25) is 5.02 Å². The van der Waals surface area contributed by atoms with Crippen LogP contribution in [0.15, 0.2) is 54.6 Å². The minimum Gasteiger partial charge on any atom is -0.481 e. The van der Waals surface area contributed by atoms with Gasteiger partial charge in [-0.05, 0) is 54.4 Å². The third kappa shape index (κ3) is 3.57. The third-order valence-electron chi connectivity index (χ3n) is 4.95. The Kier molecular flexibility index (Phi) is 5.10. The molecule has 30 heavy (non-hydrogen) atoms. The molecular weight excluding hydrogens is 404 g/mol. The van der Waals surface area contributed by atoms with Crippen molar-refractivity contribution in [1.29, 1.82) is 0 Å². The molecule has 7 heteroatoms. The smallest absolute Gasteiger partial charge is 0.341 e. The average Bonchev–Trinajstić information content (AvgIpc) is 2.99. The summed E-state index contributed by atoms with van der Waals surface area (Å²) in [7, 11) is 0. The van der Waals surface area contributed by atoms with Crippen molar-refractivity contribution < 1.29 is 19.4 Å². The van der Waals surface area contributed by atoms with Crippen LogP contribution in [0.4, 0.5) is 0 Å². The molecule has 0 fully saturated rings. The molecule has 3 aromatic carbocycles. The van der Waals surface area contributed by atoms with E-state index in [0.29, 0.717) is 33.7 Å². The van der Waals surface area contributed by atoms with Gasteiger partial charge in [-0.3, -0.25) is 4.79 Å². The molecule has 0 aliphatic carbocycles. The Morgan fingerprint density at radius 3 is 2.53 bits per heavy atom. The van der Waals surface area contributed by atoms with Crippen LogP contribution in [0.3, 0.4) is 0 Å². The highest BCUT2D eigenvalue weighted by atomic mass is 35.5. The fourth-order valence-corrected chi connectivity index (χ4v) is 4.02. The standard InChI is InChI=1S/C23H19ClN2O4/c1-13-8-18-22(19(9-13)30-12-20(27)28)21-16(23(25)29)6-3-7-17(21)26(18)11-14-4-2-5-15(24)10-14/h2-10H,11-12H2,1H3,(H2,25,29)(H,27,28). The van der Waals surface area contributed by atoms with Gasteiger partial charge in [0.25, 0.3) is 0 Å². The van der Waals surface area contributed by atoms with Gasteiger partial charge in [-0.1, -0.05) is 29.8 Å². The zero-order valence-corrected chi connectivity index (χ0v) is 16.9. The summed E-state index contributed by atoms with van der Waals surface area (Å²) in [5, 5.41) is 11.0. The Hall–Kier alpha value is -3.51. The number of primary amides is 1. The normalized spacial score (nSPS) is 11.1. The van der Waals surface area contributed by atoms with Crippen LogP contribution < -0.4 is 10.5 Å². The Balaban J connectivity index is 2.06. The van der Waals surface area contributed by atoms with Gasteiger partial charge < -0.3 is 20.1 Å². The number of fused-ring (bicyclic) bond motifs is 3. The monoisotopic (exact) mass is 422 g/mol. The zero-order chi connectivity index (χ0) is 21.4. The number of hydrogen-bond acceptors (Lipinski definition) is 3. The maximum atomic E-state index is 12.2. The highest BCUT2D eigenvalue weighted by molar-refractivity contribution is 6.30. The summed E-state index contributed by atoms with van der Waals surface area (Å²) in [6, 6.07) is 16.6. The van der Waals surface area contributed by atoms with Crippen molar-refractivity contribution in [2.45, 2.75) is 13.5 Å². The number of carbonyl (C=O) groups excluding carboxylic acids is 1. The Morgan fingerprint density at radius 2 is 1.83 bits per heavy atom. The first-order valence-electron chi connectivity index (χ1n) is 9.29. The van der Waals surface area contributed by atoms with E-state index in [4.69, 9.17) is 27.2 Å². The van der Waals surface area contributed by atoms with Crippen molar-refractivity contribution in [3.8, 4) is 5.75 Å². The molecule has 152 valence electrons. The van der Waals surface area contributed by atoms with E-state index < -0.39 is 18.5 Å². The molecule has 1 aromatic heterocycles. The van der Waals surface area contributed by atoms with Crippen molar-refractivity contribution in [3.05, 3.63) is 76.3 Å². The van der Waals surface area contributed by atoms with E-state index >= 15 is 0 Å². The lowest BCUT2D eigenvalue weighted by Crippen LogP contribution is -2.11. The van der Waals surface area contributed by atoms with E-state index in [1.807, 2.05) is 43.3 Å². The maximum Gasteiger partial charge on any atom is 0.341 e. The SMILES string of the molecule is Cc1cc(OCC(=O)O)c2c3c(C(N)=O)cccc3n(Cc3cccc(Cl)c3)c2c1. The van der Waals surface area contributed by atoms with E-state index in [0.717, 1.165) is 22.2 Å². The third-order valence-corrected chi connectivity index (χ3v) is 5.18. The number of carbonyl (C=O) groups is 2. The van der Waals surface area contributed by atoms with Gasteiger partial charge in [0.1, 0.15) is 5.75 Å². The fourth-order valence-electron chi connectivity index (χ4n) is 3.80. The number of nitrogens with zero attached hydrogens (tertiary/aromatic N) is 1. The van der Waals surface area contributed by atoms with Gasteiger partial charge in [0.15, 0.2) is 6.61 Å². The van der Waals surface area contributed by atoms with Crippen LogP contribution in [0.5, 0.6) is 5.75 Å². The predicted octanol–water partition coefficient (Wildman–Crippen LogP) is 4.37. The number of carboxylic acid groups (broad SMARTS) is 1. The lowest BCUT2D eigenvalue weighted by atomic mass is 10.0. The summed E-state index contributed by atoms with van der Waals surface area (Å²) in [6.45, 7) is 1.92. The van der Waals surface area contributed by atoms with Crippen molar-refractivity contribution in [2.75, 3.05) is 6.61 Å². The van der Waals surface area contributed by atoms with E-state index in [2.05, 4.69) is 4.57 Å². The predicted molar refractivity (Wildman–Crippen MR) is 116 cm³/mol. The molecule has 6 nitrogen and oxygen atoms in total. The molecule has 0 radical (unpaired) electrons. The molecular formula is C23H19ClN2O4. The number of halogens is 1. The van der Waals surface area contributed by atoms with Gasteiger partial charge in [-0.25, -0.2) is 4.79 Å². The number of carboxylic acids is 1. The van der Waals surface area contributed by atoms with Crippen LogP contribution in [0.1, 0.15) is 21.5 Å². The number of amides is 1. The quantitative estimate of drug-likeness (QED) is 0.482. The first-order chi connectivity index (χ1) is 14.3. The van der Waals surface area contributed by atoms with Gasteiger partial charge in [0.2, 0.25) is 5.91 Å². The molecule has 0 saturated heterocycles. The highest BCUT2D eigenvalue weighted by Gasteiger charge is 2.20. The molecule has 0 unspecified atom stereocenters. The van der Waals surface area contributed by atoms with Crippen molar-refractivity contribution in [2.24, 2.45) is 5.73 Å². The molecule has 1 heterocycles. The number of aryl methyl sites for hydroxylation is 1. The molecule has 0 atom stereocenters. The molecule has 0 aliphatic heterocycles. The van der Waals surface area contributed by atoms with Crippen LogP contribution >= 0.6 is 11.6 Å². The van der Waals surface area contributed by atoms with Crippen molar-refractivity contribution in [1.82, 2.24) is 4.57 Å². The second kappa shape index (κ2) is 7.72. The molecule has 4 rings (SSSR count). The fraction of sp³-hybridized carbons (Fsp3) is 0.130. The molecule has 0 spiro atoms. The van der Waals surface area contributed by atoms with E-state index in [1.165, 1.54) is 0 Å². The summed E-state index contributed by atoms with van der Waals surface area (Å²) in [4.78, 5) is 23.3. The lowest BCUT2D eigenvalue weighted by Gasteiger charge is -2.10. The number of benzene rings is 3. The second-order valence-electron chi connectivity index (χ2n) is 7.12. The summed E-state index contributed by atoms with van der Waals surface area (Å²) < 4.78 is 7.66. The Bertz CT molecular complexity index is 1310. The summed E-state index contributed by atoms with van der Waals surface area (Å²) in [5.74, 6) is -1.24. The number of aromatic nitrogens is 1. The van der Waals surface area contributed by atoms with Gasteiger partial charge in [0.05, 0.1) is 16.4 Å². The van der Waals surface area contributed by atoms with Gasteiger partial charge in [0, 0.05) is 22.5 Å². The number of ether oxygens (including phenoxy) is 1. The average molecular weight is 423 g/mol. The van der Waals surface area contributed by atoms with Gasteiger partial charge >= 0.3 is 5.97 Å². The number of aliphatic carboxylic acids is 1. The van der Waals surface area contributed by atoms with Gasteiger partial charge in [-0.2, -0.15) is 0 Å². The number of hydrogen-bond donors (Lipinski definition) is 2. The summed E-state index contributed by atoms with van der Waals surface area (Å²) in [5.41, 5.74) is 9.51. The van der Waals surface area contributed by atoms with E-state index in [9.17, 15) is 9.59 Å². The zero-order valence-electron chi connectivity index (χ0n) is 16.2. The number of rotatable bonds is 6. The van der Waals surface area contributed by atoms with Crippen LogP contribution in [0.25, 0.3) is 21.8 Å². The molecule has 0 aliphatic rings. The van der Waals surface area contributed by atoms with Crippen LogP contribution in [-0.2, 0) is 11.3 Å². The number of nitrogens with two attached hydrogens (primary N) is 1. The van der Waals surface area contributed by atoms with E-state index in [1.54, 1.807) is 18.2 Å². The summed E-state index contributed by atoms with van der Waals surface area (Å²) >= 11 is 6.16. The topological polar surface area (TPSA) is 94.6 Å². The summed E-state index contributed by atoms with van der Waals surface area (Å²) in [6.07, 6.45) is 0. The first kappa shape index (κ1) is 19.8.